The third-order valence-corrected chi connectivity index (χ3v) is 4.82. The molecule has 7 heteroatoms. The molecule has 0 aliphatic carbocycles. The summed E-state index contributed by atoms with van der Waals surface area (Å²) in [7, 11) is 0. The highest BCUT2D eigenvalue weighted by Crippen LogP contribution is 2.21. The van der Waals surface area contributed by atoms with E-state index >= 15 is 0 Å². The molecular formula is C14H27N3O3S. The van der Waals surface area contributed by atoms with Crippen LogP contribution in [0.3, 0.4) is 0 Å². The maximum absolute atomic E-state index is 12.1. The fourth-order valence-corrected chi connectivity index (χ4v) is 3.52. The van der Waals surface area contributed by atoms with E-state index in [0.29, 0.717) is 11.6 Å². The van der Waals surface area contributed by atoms with Crippen LogP contribution in [0.2, 0.25) is 0 Å². The number of hydrogen-bond acceptors (Lipinski definition) is 4. The molecule has 6 nitrogen and oxygen atoms in total. The molecule has 1 heterocycles. The molecule has 2 atom stereocenters. The summed E-state index contributed by atoms with van der Waals surface area (Å²) in [6.07, 6.45) is 1.93. The number of carbonyl (C=O) groups excluding carboxylic acids is 1. The van der Waals surface area contributed by atoms with E-state index in [1.807, 2.05) is 6.92 Å². The number of rotatable bonds is 8. The van der Waals surface area contributed by atoms with Gasteiger partial charge in [-0.1, -0.05) is 13.8 Å². The van der Waals surface area contributed by atoms with E-state index in [0.717, 1.165) is 32.5 Å². The lowest BCUT2D eigenvalue weighted by molar-refractivity contribution is -0.140. The molecule has 1 fully saturated rings. The fraction of sp³-hybridized carbons (Fsp3) is 0.857. The van der Waals surface area contributed by atoms with Crippen LogP contribution < -0.4 is 5.32 Å². The van der Waals surface area contributed by atoms with E-state index in [9.17, 15) is 9.59 Å². The van der Waals surface area contributed by atoms with Crippen molar-refractivity contribution in [1.82, 2.24) is 15.1 Å². The first-order valence-electron chi connectivity index (χ1n) is 7.59. The van der Waals surface area contributed by atoms with Crippen LogP contribution in [0.4, 0.5) is 4.79 Å². The molecule has 0 aromatic carbocycles. The summed E-state index contributed by atoms with van der Waals surface area (Å²) in [4.78, 5) is 26.9. The van der Waals surface area contributed by atoms with Gasteiger partial charge in [-0.2, -0.15) is 0 Å². The minimum Gasteiger partial charge on any atom is -0.480 e. The van der Waals surface area contributed by atoms with Gasteiger partial charge in [0.05, 0.1) is 5.88 Å². The molecule has 0 spiro atoms. The van der Waals surface area contributed by atoms with Crippen molar-refractivity contribution in [3.63, 3.8) is 0 Å². The lowest BCUT2D eigenvalue weighted by atomic mass is 10.2. The largest absolute Gasteiger partial charge is 0.480 e. The summed E-state index contributed by atoms with van der Waals surface area (Å²) in [6, 6.07) is -0.895. The Morgan fingerprint density at radius 3 is 2.67 bits per heavy atom. The summed E-state index contributed by atoms with van der Waals surface area (Å²) in [6.45, 7) is 9.38. The van der Waals surface area contributed by atoms with Crippen molar-refractivity contribution in [3.8, 4) is 0 Å². The van der Waals surface area contributed by atoms with Crippen LogP contribution in [0.5, 0.6) is 0 Å². The second-order valence-electron chi connectivity index (χ2n) is 5.34. The SMILES string of the molecule is CCN(CC)CCCC(C)NC(=O)N1CSC[C@H]1C(=O)O. The summed E-state index contributed by atoms with van der Waals surface area (Å²) >= 11 is 1.48. The molecule has 1 unspecified atom stereocenters. The minimum absolute atomic E-state index is 0.0631. The van der Waals surface area contributed by atoms with Gasteiger partial charge in [0, 0.05) is 11.8 Å². The van der Waals surface area contributed by atoms with E-state index in [2.05, 4.69) is 24.1 Å². The Bertz CT molecular complexity index is 350. The molecule has 21 heavy (non-hydrogen) atoms. The Labute approximate surface area is 131 Å². The highest BCUT2D eigenvalue weighted by molar-refractivity contribution is 7.99. The average molecular weight is 317 g/mol. The summed E-state index contributed by atoms with van der Waals surface area (Å²) < 4.78 is 0. The number of hydrogen-bond donors (Lipinski definition) is 2. The van der Waals surface area contributed by atoms with Gasteiger partial charge in [0.2, 0.25) is 0 Å². The molecule has 1 rings (SSSR count). The van der Waals surface area contributed by atoms with E-state index < -0.39 is 12.0 Å². The zero-order valence-electron chi connectivity index (χ0n) is 13.2. The van der Waals surface area contributed by atoms with Crippen molar-refractivity contribution in [1.29, 1.82) is 0 Å². The van der Waals surface area contributed by atoms with Crippen LogP contribution in [0.15, 0.2) is 0 Å². The summed E-state index contributed by atoms with van der Waals surface area (Å²) in [5, 5.41) is 12.0. The molecule has 2 amide bonds. The van der Waals surface area contributed by atoms with Crippen molar-refractivity contribution >= 4 is 23.8 Å². The summed E-state index contributed by atoms with van der Waals surface area (Å²) in [5.41, 5.74) is 0. The zero-order chi connectivity index (χ0) is 15.8. The average Bonchev–Trinajstić information content (AvgIpc) is 2.93. The van der Waals surface area contributed by atoms with E-state index in [1.165, 1.54) is 16.7 Å². The number of nitrogens with one attached hydrogen (secondary N) is 1. The van der Waals surface area contributed by atoms with E-state index in [1.54, 1.807) is 0 Å². The first-order valence-corrected chi connectivity index (χ1v) is 8.75. The fourth-order valence-electron chi connectivity index (χ4n) is 2.37. The monoisotopic (exact) mass is 317 g/mol. The Kier molecular flexibility index (Phi) is 7.88. The Morgan fingerprint density at radius 1 is 1.43 bits per heavy atom. The maximum atomic E-state index is 12.1. The molecule has 0 aromatic rings. The predicted molar refractivity (Wildman–Crippen MR) is 85.6 cm³/mol. The van der Waals surface area contributed by atoms with Gasteiger partial charge in [0.15, 0.2) is 0 Å². The number of thioether (sulfide) groups is 1. The van der Waals surface area contributed by atoms with Gasteiger partial charge >= 0.3 is 12.0 Å². The predicted octanol–water partition coefficient (Wildman–Crippen LogP) is 1.67. The van der Waals surface area contributed by atoms with E-state index in [-0.39, 0.29) is 12.1 Å². The molecule has 1 saturated heterocycles. The van der Waals surface area contributed by atoms with Crippen molar-refractivity contribution in [2.75, 3.05) is 31.3 Å². The Hall–Kier alpha value is -0.950. The molecule has 0 bridgehead atoms. The lowest BCUT2D eigenvalue weighted by Gasteiger charge is -2.24. The topological polar surface area (TPSA) is 72.9 Å². The number of amides is 2. The second kappa shape index (κ2) is 9.15. The first-order chi connectivity index (χ1) is 9.99. The van der Waals surface area contributed by atoms with Gasteiger partial charge < -0.3 is 20.2 Å². The van der Waals surface area contributed by atoms with Gasteiger partial charge in [-0.15, -0.1) is 11.8 Å². The van der Waals surface area contributed by atoms with Crippen molar-refractivity contribution in [2.24, 2.45) is 0 Å². The highest BCUT2D eigenvalue weighted by Gasteiger charge is 2.34. The van der Waals surface area contributed by atoms with Crippen molar-refractivity contribution in [2.45, 2.75) is 45.7 Å². The number of carbonyl (C=O) groups is 2. The molecular weight excluding hydrogens is 290 g/mol. The van der Waals surface area contributed by atoms with Crippen LogP contribution in [0.25, 0.3) is 0 Å². The van der Waals surface area contributed by atoms with Crippen LogP contribution in [-0.2, 0) is 4.79 Å². The minimum atomic E-state index is -0.927. The maximum Gasteiger partial charge on any atom is 0.327 e. The number of urea groups is 1. The zero-order valence-corrected chi connectivity index (χ0v) is 14.0. The second-order valence-corrected chi connectivity index (χ2v) is 6.34. The molecule has 0 radical (unpaired) electrons. The third-order valence-electron chi connectivity index (χ3n) is 3.80. The van der Waals surface area contributed by atoms with Crippen LogP contribution in [0, 0.1) is 0 Å². The van der Waals surface area contributed by atoms with Gasteiger partial charge in [-0.05, 0) is 39.4 Å². The first kappa shape index (κ1) is 18.1. The number of carboxylic acid groups (broad SMARTS) is 1. The number of carboxylic acids is 1. The highest BCUT2D eigenvalue weighted by atomic mass is 32.2. The molecule has 2 N–H and O–H groups in total. The van der Waals surface area contributed by atoms with Crippen LogP contribution in [0.1, 0.15) is 33.6 Å². The Balaban J connectivity index is 2.32. The van der Waals surface area contributed by atoms with E-state index in [4.69, 9.17) is 5.11 Å². The smallest absolute Gasteiger partial charge is 0.327 e. The molecule has 1 aliphatic rings. The van der Waals surface area contributed by atoms with Gasteiger partial charge in [0.1, 0.15) is 6.04 Å². The normalized spacial score (nSPS) is 19.8. The summed E-state index contributed by atoms with van der Waals surface area (Å²) in [5.74, 6) is -0.00188. The van der Waals surface area contributed by atoms with Gasteiger partial charge in [-0.25, -0.2) is 9.59 Å². The van der Waals surface area contributed by atoms with Crippen molar-refractivity contribution < 1.29 is 14.7 Å². The quantitative estimate of drug-likeness (QED) is 0.712. The standard InChI is InChI=1S/C14H27N3O3S/c1-4-16(5-2)8-6-7-11(3)15-14(20)17-10-21-9-12(17)13(18)19/h11-12H,4-10H2,1-3H3,(H,15,20)(H,18,19)/t11?,12-/m0/s1. The number of aliphatic carboxylic acids is 1. The molecule has 0 saturated carbocycles. The Morgan fingerprint density at radius 2 is 2.10 bits per heavy atom. The van der Waals surface area contributed by atoms with Gasteiger partial charge in [-0.3, -0.25) is 0 Å². The molecule has 1 aliphatic heterocycles. The van der Waals surface area contributed by atoms with Crippen molar-refractivity contribution in [3.05, 3.63) is 0 Å². The van der Waals surface area contributed by atoms with Crippen LogP contribution in [-0.4, -0.2) is 70.3 Å². The van der Waals surface area contributed by atoms with Gasteiger partial charge in [0.25, 0.3) is 0 Å². The third kappa shape index (κ3) is 5.74. The molecule has 0 aromatic heterocycles. The lowest BCUT2D eigenvalue weighted by Crippen LogP contribution is -2.49. The number of nitrogens with zero attached hydrogens (tertiary/aromatic N) is 2. The molecule has 122 valence electrons. The van der Waals surface area contributed by atoms with Crippen LogP contribution >= 0.6 is 11.8 Å².